The summed E-state index contributed by atoms with van der Waals surface area (Å²) in [6, 6.07) is 26.1. The van der Waals surface area contributed by atoms with Gasteiger partial charge in [-0.1, -0.05) is 97.9 Å². The third-order valence-corrected chi connectivity index (χ3v) is 14.1. The summed E-state index contributed by atoms with van der Waals surface area (Å²) in [7, 11) is 0. The van der Waals surface area contributed by atoms with Gasteiger partial charge in [0, 0.05) is 24.9 Å². The minimum absolute atomic E-state index is 0.00584. The number of carbonyl (C=O) groups is 4. The molecular formula is C51H56N8O4. The van der Waals surface area contributed by atoms with Gasteiger partial charge in [0.2, 0.25) is 23.6 Å². The summed E-state index contributed by atoms with van der Waals surface area (Å²) in [6.45, 7) is 3.57. The quantitative estimate of drug-likeness (QED) is 0.0937. The van der Waals surface area contributed by atoms with Gasteiger partial charge < -0.3 is 30.4 Å². The molecule has 2 aromatic heterocycles. The molecule has 12 nitrogen and oxygen atoms in total. The van der Waals surface area contributed by atoms with Crippen molar-refractivity contribution in [3.05, 3.63) is 137 Å². The predicted molar refractivity (Wildman–Crippen MR) is 239 cm³/mol. The number of rotatable bonds is 13. The third kappa shape index (κ3) is 8.47. The van der Waals surface area contributed by atoms with E-state index in [1.165, 1.54) is 11.1 Å². The number of amides is 4. The number of imidazole rings is 2. The molecule has 0 spiro atoms. The molecule has 3 aromatic carbocycles. The van der Waals surface area contributed by atoms with Crippen LogP contribution in [0.2, 0.25) is 0 Å². The van der Waals surface area contributed by atoms with Gasteiger partial charge in [0.25, 0.3) is 0 Å². The van der Waals surface area contributed by atoms with Gasteiger partial charge in [-0.2, -0.15) is 0 Å². The Bertz CT molecular complexity index is 2510. The molecule has 5 atom stereocenters. The fourth-order valence-corrected chi connectivity index (χ4v) is 9.88. The average Bonchev–Trinajstić information content (AvgIpc) is 4.08. The highest BCUT2D eigenvalue weighted by Gasteiger charge is 2.41. The standard InChI is InChI=1S/C51H56N8O4/c1-51(26-24-33(25-27-51)40-31-53-46(55-40)42-15-9-29-59(42)50(63)44(35-12-6-3-7-13-35)57-48(61)37-18-19-37)38-22-20-32(21-23-38)39-30-52-45(54-39)41-14-8-28-58(41)49(62)43(34-10-4-2-5-11-34)56-47(60)36-16-17-36/h2-7,10-13,20-24,30-31,36-37,41-44H,8-9,14-19,25-29H2,1H3,(H,52,54)(H,53,55)(H,56,60)(H,57,61)/t41-,42-,43+,44+,51?/m0/s1. The number of hydrogen-bond acceptors (Lipinski definition) is 6. The summed E-state index contributed by atoms with van der Waals surface area (Å²) < 4.78 is 0. The number of hydrogen-bond donors (Lipinski definition) is 4. The Balaban J connectivity index is 0.789. The van der Waals surface area contributed by atoms with Crippen LogP contribution in [-0.2, 0) is 24.6 Å². The van der Waals surface area contributed by atoms with Crippen molar-refractivity contribution in [2.24, 2.45) is 11.8 Å². The molecule has 3 aliphatic carbocycles. The van der Waals surface area contributed by atoms with Gasteiger partial charge in [0.1, 0.15) is 23.7 Å². The zero-order chi connectivity index (χ0) is 43.1. The van der Waals surface area contributed by atoms with E-state index in [4.69, 9.17) is 9.97 Å². The topological polar surface area (TPSA) is 156 Å². The normalized spacial score (nSPS) is 23.2. The van der Waals surface area contributed by atoms with Gasteiger partial charge >= 0.3 is 0 Å². The third-order valence-electron chi connectivity index (χ3n) is 14.1. The highest BCUT2D eigenvalue weighted by atomic mass is 16.2. The largest absolute Gasteiger partial charge is 0.341 e. The lowest BCUT2D eigenvalue weighted by atomic mass is 9.71. The maximum atomic E-state index is 14.1. The molecular weight excluding hydrogens is 789 g/mol. The molecule has 2 saturated carbocycles. The molecule has 5 aromatic rings. The van der Waals surface area contributed by atoms with Crippen molar-refractivity contribution in [3.63, 3.8) is 0 Å². The number of aromatic nitrogens is 4. The molecule has 63 heavy (non-hydrogen) atoms. The Morgan fingerprint density at radius 3 is 1.62 bits per heavy atom. The van der Waals surface area contributed by atoms with Crippen LogP contribution in [0.3, 0.4) is 0 Å². The number of nitrogens with one attached hydrogen (secondary N) is 4. The molecule has 5 aliphatic rings. The number of nitrogens with zero attached hydrogens (tertiary/aromatic N) is 4. The van der Waals surface area contributed by atoms with Crippen molar-refractivity contribution in [2.45, 2.75) is 107 Å². The van der Waals surface area contributed by atoms with Crippen LogP contribution < -0.4 is 10.6 Å². The average molecular weight is 845 g/mol. The van der Waals surface area contributed by atoms with Gasteiger partial charge in [-0.15, -0.1) is 0 Å². The Kier molecular flexibility index (Phi) is 11.1. The second-order valence-electron chi connectivity index (χ2n) is 18.6. The molecule has 4 N–H and O–H groups in total. The first kappa shape index (κ1) is 40.8. The monoisotopic (exact) mass is 844 g/mol. The van der Waals surface area contributed by atoms with Gasteiger partial charge in [-0.05, 0) is 104 Å². The molecule has 4 heterocycles. The van der Waals surface area contributed by atoms with E-state index in [1.54, 1.807) is 0 Å². The van der Waals surface area contributed by atoms with E-state index < -0.39 is 12.1 Å². The second-order valence-corrected chi connectivity index (χ2v) is 18.6. The van der Waals surface area contributed by atoms with Crippen LogP contribution in [0.15, 0.2) is 103 Å². The molecule has 0 radical (unpaired) electrons. The van der Waals surface area contributed by atoms with E-state index in [1.807, 2.05) is 82.9 Å². The number of likely N-dealkylation sites (tertiary alicyclic amines) is 2. The summed E-state index contributed by atoms with van der Waals surface area (Å²) in [5.74, 6) is 1.31. The van der Waals surface area contributed by atoms with Crippen LogP contribution >= 0.6 is 0 Å². The molecule has 2 aliphatic heterocycles. The summed E-state index contributed by atoms with van der Waals surface area (Å²) in [4.78, 5) is 74.6. The lowest BCUT2D eigenvalue weighted by Crippen LogP contribution is -2.43. The predicted octanol–water partition coefficient (Wildman–Crippen LogP) is 8.19. The Morgan fingerprint density at radius 2 is 1.14 bits per heavy atom. The maximum absolute atomic E-state index is 14.1. The fourth-order valence-electron chi connectivity index (χ4n) is 9.88. The van der Waals surface area contributed by atoms with Crippen LogP contribution in [0.5, 0.6) is 0 Å². The van der Waals surface area contributed by atoms with E-state index in [0.717, 1.165) is 110 Å². The zero-order valence-corrected chi connectivity index (χ0v) is 35.9. The van der Waals surface area contributed by atoms with Crippen LogP contribution in [-0.4, -0.2) is 66.5 Å². The minimum atomic E-state index is -0.724. The molecule has 12 heteroatoms. The van der Waals surface area contributed by atoms with E-state index in [9.17, 15) is 19.2 Å². The SMILES string of the molecule is CC1(c2ccc(-c3cnc([C@@H]4CCCN4C(=O)[C@H](NC(=O)C4CC4)c4ccccc4)[nH]3)cc2)CC=C(c2cnc([C@@H]3CCCN3C(=O)[C@H](NC(=O)C3CC3)c3ccccc3)[nH]2)CC1. The molecule has 4 amide bonds. The molecule has 10 rings (SSSR count). The Morgan fingerprint density at radius 1 is 0.651 bits per heavy atom. The maximum Gasteiger partial charge on any atom is 0.250 e. The van der Waals surface area contributed by atoms with Crippen molar-refractivity contribution in [1.82, 2.24) is 40.4 Å². The smallest absolute Gasteiger partial charge is 0.250 e. The van der Waals surface area contributed by atoms with Crippen molar-refractivity contribution in [3.8, 4) is 11.3 Å². The van der Waals surface area contributed by atoms with Gasteiger partial charge in [-0.3, -0.25) is 19.2 Å². The number of H-pyrrole nitrogens is 2. The fraction of sp³-hybridized carbons (Fsp3) is 0.412. The first-order valence-electron chi connectivity index (χ1n) is 22.9. The van der Waals surface area contributed by atoms with Crippen molar-refractivity contribution in [2.75, 3.05) is 13.1 Å². The number of allylic oxidation sites excluding steroid dienone is 2. The number of aromatic amines is 2. The van der Waals surface area contributed by atoms with E-state index in [2.05, 4.69) is 57.9 Å². The summed E-state index contributed by atoms with van der Waals surface area (Å²) in [5, 5.41) is 6.13. The Hall–Kier alpha value is -6.30. The Labute approximate surface area is 368 Å². The molecule has 2 saturated heterocycles. The van der Waals surface area contributed by atoms with Crippen LogP contribution in [0.25, 0.3) is 16.8 Å². The zero-order valence-electron chi connectivity index (χ0n) is 35.9. The van der Waals surface area contributed by atoms with Gasteiger partial charge in [0.05, 0.1) is 35.9 Å². The lowest BCUT2D eigenvalue weighted by Gasteiger charge is -2.33. The highest BCUT2D eigenvalue weighted by molar-refractivity contribution is 5.91. The molecule has 0 bridgehead atoms. The highest BCUT2D eigenvalue weighted by Crippen LogP contribution is 2.43. The summed E-state index contributed by atoms with van der Waals surface area (Å²) >= 11 is 0. The summed E-state index contributed by atoms with van der Waals surface area (Å²) in [6.07, 6.45) is 15.7. The van der Waals surface area contributed by atoms with Crippen LogP contribution in [0, 0.1) is 11.8 Å². The molecule has 4 fully saturated rings. The van der Waals surface area contributed by atoms with Crippen molar-refractivity contribution >= 4 is 29.2 Å². The molecule has 1 unspecified atom stereocenters. The summed E-state index contributed by atoms with van der Waals surface area (Å²) in [5.41, 5.74) is 7.02. The van der Waals surface area contributed by atoms with E-state index >= 15 is 0 Å². The number of carbonyl (C=O) groups excluding carboxylic acids is 4. The van der Waals surface area contributed by atoms with Crippen molar-refractivity contribution < 1.29 is 19.2 Å². The van der Waals surface area contributed by atoms with Gasteiger partial charge in [-0.25, -0.2) is 9.97 Å². The van der Waals surface area contributed by atoms with E-state index in [-0.39, 0.29) is 53.0 Å². The van der Waals surface area contributed by atoms with E-state index in [0.29, 0.717) is 13.1 Å². The van der Waals surface area contributed by atoms with Crippen molar-refractivity contribution in [1.29, 1.82) is 0 Å². The molecule has 324 valence electrons. The number of benzene rings is 3. The van der Waals surface area contributed by atoms with Crippen LogP contribution in [0.4, 0.5) is 0 Å². The first-order chi connectivity index (χ1) is 30.7. The second kappa shape index (κ2) is 17.1. The first-order valence-corrected chi connectivity index (χ1v) is 22.9. The minimum Gasteiger partial charge on any atom is -0.341 e. The van der Waals surface area contributed by atoms with Crippen LogP contribution in [0.1, 0.15) is 136 Å². The van der Waals surface area contributed by atoms with Gasteiger partial charge in [0.15, 0.2) is 0 Å². The lowest BCUT2D eigenvalue weighted by molar-refractivity contribution is -0.138.